The highest BCUT2D eigenvalue weighted by atomic mass is 32.1. The largest absolute Gasteiger partial charge is 0.483 e. The van der Waals surface area contributed by atoms with Crippen molar-refractivity contribution in [2.24, 2.45) is 0 Å². The Morgan fingerprint density at radius 3 is 2.50 bits per heavy atom. The van der Waals surface area contributed by atoms with Crippen LogP contribution in [0.3, 0.4) is 0 Å². The van der Waals surface area contributed by atoms with Crippen LogP contribution in [0.25, 0.3) is 16.8 Å². The van der Waals surface area contributed by atoms with Crippen molar-refractivity contribution in [3.05, 3.63) is 83.9 Å². The molecule has 0 unspecified atom stereocenters. The maximum absolute atomic E-state index is 12.0. The predicted molar refractivity (Wildman–Crippen MR) is 122 cm³/mol. The van der Waals surface area contributed by atoms with E-state index in [2.05, 4.69) is 16.2 Å². The molecule has 7 heteroatoms. The van der Waals surface area contributed by atoms with Crippen molar-refractivity contribution in [3.63, 3.8) is 0 Å². The maximum Gasteiger partial charge on any atom is 0.276 e. The molecular weight excluding hydrogens is 398 g/mol. The number of aryl methyl sites for hydroxylation is 1. The highest BCUT2D eigenvalue weighted by Gasteiger charge is 2.07. The van der Waals surface area contributed by atoms with Gasteiger partial charge in [0, 0.05) is 11.5 Å². The summed E-state index contributed by atoms with van der Waals surface area (Å²) in [6.45, 7) is 1.79. The van der Waals surface area contributed by atoms with E-state index in [1.165, 1.54) is 6.08 Å². The number of rotatable bonds is 5. The fourth-order valence-electron chi connectivity index (χ4n) is 2.66. The average Bonchev–Trinajstić information content (AvgIpc) is 2.76. The minimum absolute atomic E-state index is 0.0212. The van der Waals surface area contributed by atoms with Gasteiger partial charge in [0.05, 0.1) is 0 Å². The van der Waals surface area contributed by atoms with Gasteiger partial charge in [0.15, 0.2) is 11.7 Å². The number of carbonyl (C=O) groups excluding carboxylic acids is 2. The van der Waals surface area contributed by atoms with Crippen molar-refractivity contribution in [2.45, 2.75) is 6.92 Å². The molecule has 30 heavy (non-hydrogen) atoms. The highest BCUT2D eigenvalue weighted by Crippen LogP contribution is 2.24. The number of hydrogen-bond acceptors (Lipinski definition) is 4. The molecule has 0 aromatic heterocycles. The zero-order valence-corrected chi connectivity index (χ0v) is 17.2. The second-order valence-corrected chi connectivity index (χ2v) is 6.91. The molecule has 6 nitrogen and oxygen atoms in total. The van der Waals surface area contributed by atoms with Crippen molar-refractivity contribution < 1.29 is 14.3 Å². The quantitative estimate of drug-likeness (QED) is 0.336. The first-order valence-electron chi connectivity index (χ1n) is 9.26. The van der Waals surface area contributed by atoms with E-state index < -0.39 is 11.8 Å². The van der Waals surface area contributed by atoms with Crippen LogP contribution >= 0.6 is 12.2 Å². The summed E-state index contributed by atoms with van der Waals surface area (Å²) in [6.07, 6.45) is 3.04. The topological polar surface area (TPSA) is 79.5 Å². The standard InChI is InChI=1S/C23H21N3O3S/c1-16-9-11-17(12-10-16)13-14-21(27)24-23(30)26-25-22(28)15-29-20-8-4-6-18-5-2-3-7-19(18)20/h2-14H,15H2,1H3,(H,25,28)(H2,24,26,27,30)/b14-13+. The lowest BCUT2D eigenvalue weighted by atomic mass is 10.1. The van der Waals surface area contributed by atoms with Crippen molar-refractivity contribution in [1.29, 1.82) is 0 Å². The van der Waals surface area contributed by atoms with Crippen LogP contribution in [0.15, 0.2) is 72.8 Å². The Labute approximate surface area is 179 Å². The third-order valence-corrected chi connectivity index (χ3v) is 4.37. The van der Waals surface area contributed by atoms with E-state index in [1.807, 2.05) is 67.6 Å². The summed E-state index contributed by atoms with van der Waals surface area (Å²) >= 11 is 5.01. The van der Waals surface area contributed by atoms with Crippen LogP contribution < -0.4 is 20.9 Å². The van der Waals surface area contributed by atoms with Crippen molar-refractivity contribution in [2.75, 3.05) is 6.61 Å². The van der Waals surface area contributed by atoms with E-state index in [4.69, 9.17) is 17.0 Å². The van der Waals surface area contributed by atoms with E-state index in [0.29, 0.717) is 5.75 Å². The van der Waals surface area contributed by atoms with Gasteiger partial charge in [-0.1, -0.05) is 66.2 Å². The molecule has 2 amide bonds. The van der Waals surface area contributed by atoms with Gasteiger partial charge in [0.1, 0.15) is 5.75 Å². The third-order valence-electron chi connectivity index (χ3n) is 4.17. The molecule has 0 saturated heterocycles. The molecule has 3 aromatic carbocycles. The third kappa shape index (κ3) is 6.15. The van der Waals surface area contributed by atoms with Gasteiger partial charge < -0.3 is 4.74 Å². The normalized spacial score (nSPS) is 10.6. The van der Waals surface area contributed by atoms with Crippen molar-refractivity contribution >= 4 is 46.0 Å². The summed E-state index contributed by atoms with van der Waals surface area (Å²) < 4.78 is 5.60. The summed E-state index contributed by atoms with van der Waals surface area (Å²) in [5, 5.41) is 4.38. The number of hydrogen-bond donors (Lipinski definition) is 3. The number of fused-ring (bicyclic) bond motifs is 1. The summed E-state index contributed by atoms with van der Waals surface area (Å²) in [7, 11) is 0. The Morgan fingerprint density at radius 2 is 1.70 bits per heavy atom. The Kier molecular flexibility index (Phi) is 7.13. The van der Waals surface area contributed by atoms with Crippen LogP contribution in [-0.2, 0) is 9.59 Å². The van der Waals surface area contributed by atoms with Gasteiger partial charge in [0.2, 0.25) is 5.91 Å². The molecule has 152 valence electrons. The Morgan fingerprint density at radius 1 is 0.967 bits per heavy atom. The fraction of sp³-hybridized carbons (Fsp3) is 0.0870. The van der Waals surface area contributed by atoms with E-state index in [0.717, 1.165) is 21.9 Å². The van der Waals surface area contributed by atoms with Crippen molar-refractivity contribution in [3.8, 4) is 5.75 Å². The molecule has 0 radical (unpaired) electrons. The Hall–Kier alpha value is -3.71. The minimum Gasteiger partial charge on any atom is -0.483 e. The minimum atomic E-state index is -0.435. The van der Waals surface area contributed by atoms with Gasteiger partial charge in [-0.15, -0.1) is 0 Å². The molecule has 0 saturated carbocycles. The number of benzene rings is 3. The second kappa shape index (κ2) is 10.2. The van der Waals surface area contributed by atoms with Crippen LogP contribution in [0.2, 0.25) is 0 Å². The van der Waals surface area contributed by atoms with Crippen LogP contribution in [0, 0.1) is 6.92 Å². The van der Waals surface area contributed by atoms with Gasteiger partial charge in [-0.2, -0.15) is 0 Å². The molecule has 0 atom stereocenters. The van der Waals surface area contributed by atoms with E-state index in [9.17, 15) is 9.59 Å². The van der Waals surface area contributed by atoms with Gasteiger partial charge in [0.25, 0.3) is 5.91 Å². The lowest BCUT2D eigenvalue weighted by Gasteiger charge is -2.11. The van der Waals surface area contributed by atoms with Gasteiger partial charge >= 0.3 is 0 Å². The summed E-state index contributed by atoms with van der Waals surface area (Å²) in [6, 6.07) is 21.1. The molecular formula is C23H21N3O3S. The maximum atomic E-state index is 12.0. The molecule has 0 aliphatic rings. The first-order chi connectivity index (χ1) is 14.5. The molecule has 0 bridgehead atoms. The Balaban J connectivity index is 1.42. The summed E-state index contributed by atoms with van der Waals surface area (Å²) in [5.41, 5.74) is 6.91. The number of ether oxygens (including phenoxy) is 1. The van der Waals surface area contributed by atoms with E-state index >= 15 is 0 Å². The van der Waals surface area contributed by atoms with Crippen LogP contribution in [0.1, 0.15) is 11.1 Å². The molecule has 0 spiro atoms. The molecule has 3 rings (SSSR count). The van der Waals surface area contributed by atoms with Crippen molar-refractivity contribution in [1.82, 2.24) is 16.2 Å². The SMILES string of the molecule is Cc1ccc(/C=C/C(=O)NC(=S)NNC(=O)COc2cccc3ccccc23)cc1. The smallest absolute Gasteiger partial charge is 0.276 e. The molecule has 0 aliphatic heterocycles. The van der Waals surface area contributed by atoms with Gasteiger partial charge in [-0.05, 0) is 42.2 Å². The number of hydrazine groups is 1. The fourth-order valence-corrected chi connectivity index (χ4v) is 2.81. The number of carbonyl (C=O) groups is 2. The van der Waals surface area contributed by atoms with Crippen LogP contribution in [-0.4, -0.2) is 23.5 Å². The first-order valence-corrected chi connectivity index (χ1v) is 9.67. The van der Waals surface area contributed by atoms with Crippen LogP contribution in [0.5, 0.6) is 5.75 Å². The van der Waals surface area contributed by atoms with E-state index in [-0.39, 0.29) is 11.7 Å². The predicted octanol–water partition coefficient (Wildman–Crippen LogP) is 3.26. The molecule has 0 fully saturated rings. The lowest BCUT2D eigenvalue weighted by Crippen LogP contribution is -2.49. The number of amides is 2. The van der Waals surface area contributed by atoms with Gasteiger partial charge in [-0.25, -0.2) is 0 Å². The van der Waals surface area contributed by atoms with Gasteiger partial charge in [-0.3, -0.25) is 25.8 Å². The second-order valence-electron chi connectivity index (χ2n) is 6.50. The van der Waals surface area contributed by atoms with E-state index in [1.54, 1.807) is 12.1 Å². The zero-order chi connectivity index (χ0) is 21.3. The monoisotopic (exact) mass is 419 g/mol. The molecule has 0 heterocycles. The summed E-state index contributed by atoms with van der Waals surface area (Å²) in [4.78, 5) is 23.9. The zero-order valence-electron chi connectivity index (χ0n) is 16.3. The Bertz CT molecular complexity index is 1090. The molecule has 3 N–H and O–H groups in total. The molecule has 3 aromatic rings. The summed E-state index contributed by atoms with van der Waals surface area (Å²) in [5.74, 6) is -0.232. The number of nitrogens with one attached hydrogen (secondary N) is 3. The highest BCUT2D eigenvalue weighted by molar-refractivity contribution is 7.80. The average molecular weight is 420 g/mol. The van der Waals surface area contributed by atoms with Crippen LogP contribution in [0.4, 0.5) is 0 Å². The first kappa shape index (κ1) is 21.0. The lowest BCUT2D eigenvalue weighted by molar-refractivity contribution is -0.123. The number of thiocarbonyl (C=S) groups is 1. The molecule has 0 aliphatic carbocycles.